The van der Waals surface area contributed by atoms with Gasteiger partial charge in [-0.25, -0.2) is 0 Å². The van der Waals surface area contributed by atoms with Crippen LogP contribution in [-0.4, -0.2) is 19.3 Å². The first-order valence-electron chi connectivity index (χ1n) is 5.70. The molecule has 0 heterocycles. The number of aliphatic hydroxyl groups excluding tert-OH is 1. The number of aliphatic hydroxyl groups is 1. The molecule has 3 heteroatoms. The fourth-order valence-corrected chi connectivity index (χ4v) is 1.82. The van der Waals surface area contributed by atoms with Crippen molar-refractivity contribution >= 4 is 0 Å². The molecule has 0 atom stereocenters. The van der Waals surface area contributed by atoms with Gasteiger partial charge < -0.3 is 14.6 Å². The third-order valence-corrected chi connectivity index (χ3v) is 2.85. The van der Waals surface area contributed by atoms with Gasteiger partial charge in [0.2, 0.25) is 0 Å². The molecule has 0 amide bonds. The third kappa shape index (κ3) is 2.46. The molecule has 0 saturated carbocycles. The van der Waals surface area contributed by atoms with E-state index in [0.717, 1.165) is 16.7 Å². The van der Waals surface area contributed by atoms with Crippen LogP contribution in [-0.2, 0) is 6.61 Å². The van der Waals surface area contributed by atoms with Crippen molar-refractivity contribution < 1.29 is 14.6 Å². The van der Waals surface area contributed by atoms with Crippen LogP contribution in [0.15, 0.2) is 42.5 Å². The fourth-order valence-electron chi connectivity index (χ4n) is 1.82. The second kappa shape index (κ2) is 5.56. The van der Waals surface area contributed by atoms with Crippen molar-refractivity contribution in [1.29, 1.82) is 0 Å². The zero-order valence-corrected chi connectivity index (χ0v) is 10.5. The Bertz CT molecular complexity index is 518. The quantitative estimate of drug-likeness (QED) is 0.898. The highest BCUT2D eigenvalue weighted by Crippen LogP contribution is 2.32. The summed E-state index contributed by atoms with van der Waals surface area (Å²) < 4.78 is 10.5. The van der Waals surface area contributed by atoms with Gasteiger partial charge in [0, 0.05) is 0 Å². The van der Waals surface area contributed by atoms with E-state index in [9.17, 15) is 0 Å². The minimum absolute atomic E-state index is 0.0617. The third-order valence-electron chi connectivity index (χ3n) is 2.85. The maximum absolute atomic E-state index is 9.01. The Morgan fingerprint density at radius 1 is 0.833 bits per heavy atom. The minimum atomic E-state index is 0.0617. The van der Waals surface area contributed by atoms with E-state index in [-0.39, 0.29) is 6.61 Å². The summed E-state index contributed by atoms with van der Waals surface area (Å²) >= 11 is 0. The van der Waals surface area contributed by atoms with E-state index in [1.807, 2.05) is 42.5 Å². The van der Waals surface area contributed by atoms with Gasteiger partial charge in [0.1, 0.15) is 0 Å². The van der Waals surface area contributed by atoms with E-state index in [4.69, 9.17) is 14.6 Å². The summed E-state index contributed by atoms with van der Waals surface area (Å²) in [6.07, 6.45) is 0. The van der Waals surface area contributed by atoms with Crippen molar-refractivity contribution in [3.8, 4) is 22.6 Å². The van der Waals surface area contributed by atoms with Crippen molar-refractivity contribution in [2.45, 2.75) is 6.61 Å². The molecule has 2 aromatic carbocycles. The molecule has 0 radical (unpaired) electrons. The normalized spacial score (nSPS) is 10.2. The van der Waals surface area contributed by atoms with Crippen LogP contribution in [0.3, 0.4) is 0 Å². The van der Waals surface area contributed by atoms with Crippen LogP contribution in [0.25, 0.3) is 11.1 Å². The second-order valence-electron chi connectivity index (χ2n) is 3.92. The van der Waals surface area contributed by atoms with Gasteiger partial charge in [-0.1, -0.05) is 30.3 Å². The van der Waals surface area contributed by atoms with Gasteiger partial charge in [-0.2, -0.15) is 0 Å². The van der Waals surface area contributed by atoms with Crippen molar-refractivity contribution in [3.05, 3.63) is 48.0 Å². The van der Waals surface area contributed by atoms with E-state index in [1.54, 1.807) is 14.2 Å². The lowest BCUT2D eigenvalue weighted by Gasteiger charge is -2.10. The summed E-state index contributed by atoms with van der Waals surface area (Å²) in [7, 11) is 3.24. The lowest BCUT2D eigenvalue weighted by atomic mass is 10.0. The smallest absolute Gasteiger partial charge is 0.161 e. The summed E-state index contributed by atoms with van der Waals surface area (Å²) in [5.41, 5.74) is 3.03. The number of hydrogen-bond donors (Lipinski definition) is 1. The largest absolute Gasteiger partial charge is 0.493 e. The molecule has 0 bridgehead atoms. The monoisotopic (exact) mass is 244 g/mol. The van der Waals surface area contributed by atoms with Gasteiger partial charge in [0.25, 0.3) is 0 Å². The average Bonchev–Trinajstić information content (AvgIpc) is 2.46. The number of methoxy groups -OCH3 is 2. The fraction of sp³-hybridized carbons (Fsp3) is 0.200. The molecule has 0 aliphatic rings. The first-order chi connectivity index (χ1) is 8.78. The molecule has 3 nitrogen and oxygen atoms in total. The number of benzene rings is 2. The molecule has 18 heavy (non-hydrogen) atoms. The summed E-state index contributed by atoms with van der Waals surface area (Å²) in [5, 5.41) is 9.01. The van der Waals surface area contributed by atoms with Gasteiger partial charge in [0.05, 0.1) is 20.8 Å². The molecule has 0 fully saturated rings. The Labute approximate surface area is 107 Å². The van der Waals surface area contributed by atoms with Crippen LogP contribution in [0.1, 0.15) is 5.56 Å². The minimum Gasteiger partial charge on any atom is -0.493 e. The number of hydrogen-bond acceptors (Lipinski definition) is 3. The van der Waals surface area contributed by atoms with E-state index >= 15 is 0 Å². The highest BCUT2D eigenvalue weighted by Gasteiger charge is 2.05. The summed E-state index contributed by atoms with van der Waals surface area (Å²) in [5.74, 6) is 1.43. The molecular weight excluding hydrogens is 228 g/mol. The Hall–Kier alpha value is -2.00. The number of rotatable bonds is 4. The molecule has 0 aromatic heterocycles. The second-order valence-corrected chi connectivity index (χ2v) is 3.92. The highest BCUT2D eigenvalue weighted by atomic mass is 16.5. The van der Waals surface area contributed by atoms with Gasteiger partial charge >= 0.3 is 0 Å². The van der Waals surface area contributed by atoms with Crippen LogP contribution >= 0.6 is 0 Å². The van der Waals surface area contributed by atoms with Crippen molar-refractivity contribution in [2.24, 2.45) is 0 Å². The molecule has 94 valence electrons. The predicted octanol–water partition coefficient (Wildman–Crippen LogP) is 2.86. The van der Waals surface area contributed by atoms with Crippen molar-refractivity contribution in [1.82, 2.24) is 0 Å². The van der Waals surface area contributed by atoms with Crippen LogP contribution < -0.4 is 9.47 Å². The zero-order chi connectivity index (χ0) is 13.0. The lowest BCUT2D eigenvalue weighted by molar-refractivity contribution is 0.282. The Kier molecular flexibility index (Phi) is 3.85. The van der Waals surface area contributed by atoms with Crippen LogP contribution in [0.5, 0.6) is 11.5 Å². The molecule has 0 spiro atoms. The predicted molar refractivity (Wildman–Crippen MR) is 70.9 cm³/mol. The topological polar surface area (TPSA) is 38.7 Å². The van der Waals surface area contributed by atoms with Crippen molar-refractivity contribution in [3.63, 3.8) is 0 Å². The summed E-state index contributed by atoms with van der Waals surface area (Å²) in [6.45, 7) is 0.0617. The van der Waals surface area contributed by atoms with Crippen LogP contribution in [0.4, 0.5) is 0 Å². The lowest BCUT2D eigenvalue weighted by Crippen LogP contribution is -1.91. The molecule has 0 saturated heterocycles. The molecule has 0 unspecified atom stereocenters. The van der Waals surface area contributed by atoms with E-state index in [2.05, 4.69) is 0 Å². The van der Waals surface area contributed by atoms with Gasteiger partial charge in [0.15, 0.2) is 11.5 Å². The van der Waals surface area contributed by atoms with E-state index < -0.39 is 0 Å². The van der Waals surface area contributed by atoms with Gasteiger partial charge in [-0.05, 0) is 28.8 Å². The van der Waals surface area contributed by atoms with Crippen LogP contribution in [0.2, 0.25) is 0 Å². The maximum Gasteiger partial charge on any atom is 0.161 e. The number of ether oxygens (including phenoxy) is 2. The zero-order valence-electron chi connectivity index (χ0n) is 10.5. The van der Waals surface area contributed by atoms with Gasteiger partial charge in [-0.15, -0.1) is 0 Å². The van der Waals surface area contributed by atoms with E-state index in [1.165, 1.54) is 0 Å². The average molecular weight is 244 g/mol. The Morgan fingerprint density at radius 3 is 2.00 bits per heavy atom. The first kappa shape index (κ1) is 12.5. The molecule has 1 N–H and O–H groups in total. The summed E-state index contributed by atoms with van der Waals surface area (Å²) in [4.78, 5) is 0. The van der Waals surface area contributed by atoms with Crippen LogP contribution in [0, 0.1) is 0 Å². The molecule has 2 aromatic rings. The van der Waals surface area contributed by atoms with Crippen molar-refractivity contribution in [2.75, 3.05) is 14.2 Å². The summed E-state index contributed by atoms with van der Waals surface area (Å²) in [6, 6.07) is 13.6. The highest BCUT2D eigenvalue weighted by molar-refractivity contribution is 5.67. The molecule has 0 aliphatic carbocycles. The Morgan fingerprint density at radius 2 is 1.44 bits per heavy atom. The maximum atomic E-state index is 9.01. The standard InChI is InChI=1S/C15H16O3/c1-17-14-8-7-13(9-15(14)18-2)12-5-3-11(10-16)4-6-12/h3-9,16H,10H2,1-2H3. The molecular formula is C15H16O3. The first-order valence-corrected chi connectivity index (χ1v) is 5.70. The van der Waals surface area contributed by atoms with E-state index in [0.29, 0.717) is 11.5 Å². The molecule has 2 rings (SSSR count). The molecule has 0 aliphatic heterocycles. The van der Waals surface area contributed by atoms with Gasteiger partial charge in [-0.3, -0.25) is 0 Å². The Balaban J connectivity index is 2.37. The SMILES string of the molecule is COc1ccc(-c2ccc(CO)cc2)cc1OC.